The first-order valence-corrected chi connectivity index (χ1v) is 8.85. The first-order chi connectivity index (χ1) is 9.72. The largest absolute Gasteiger partial charge is 0.377 e. The topological polar surface area (TPSA) is 89.3 Å². The van der Waals surface area contributed by atoms with Gasteiger partial charge in [-0.15, -0.1) is 0 Å². The fourth-order valence-electron chi connectivity index (χ4n) is 2.49. The Morgan fingerprint density at radius 3 is 2.29 bits per heavy atom. The molecule has 0 bridgehead atoms. The van der Waals surface area contributed by atoms with Crippen molar-refractivity contribution in [2.45, 2.75) is 44.6 Å². The summed E-state index contributed by atoms with van der Waals surface area (Å²) in [6, 6.07) is 4.35. The minimum Gasteiger partial charge on any atom is -0.377 e. The summed E-state index contributed by atoms with van der Waals surface area (Å²) in [5.74, 6) is 0.367. The number of hydrogen-bond acceptors (Lipinski definition) is 5. The van der Waals surface area contributed by atoms with Crippen molar-refractivity contribution in [1.29, 1.82) is 0 Å². The van der Waals surface area contributed by atoms with Crippen molar-refractivity contribution in [3.63, 3.8) is 0 Å². The van der Waals surface area contributed by atoms with Gasteiger partial charge in [0.15, 0.2) is 9.84 Å². The summed E-state index contributed by atoms with van der Waals surface area (Å²) in [5, 5.41) is 14.4. The summed E-state index contributed by atoms with van der Waals surface area (Å²) in [4.78, 5) is 10.4. The van der Waals surface area contributed by atoms with Crippen LogP contribution in [-0.2, 0) is 9.84 Å². The van der Waals surface area contributed by atoms with E-state index in [0.717, 1.165) is 19.1 Å². The third kappa shape index (κ3) is 4.17. The molecule has 0 spiro atoms. The molecule has 21 heavy (non-hydrogen) atoms. The van der Waals surface area contributed by atoms with Crippen LogP contribution in [0.4, 0.5) is 11.4 Å². The van der Waals surface area contributed by atoms with Gasteiger partial charge < -0.3 is 5.32 Å². The van der Waals surface area contributed by atoms with E-state index < -0.39 is 14.8 Å². The molecule has 7 heteroatoms. The standard InChI is InChI=1S/C14H22N2O4S/c1-5-11(6-2)10(3)15-12-8-7-9-13(21(4,19)20)14(12)16(17)18/h7-11,15H,5-6H2,1-4H3. The molecule has 0 amide bonds. The summed E-state index contributed by atoms with van der Waals surface area (Å²) in [5.41, 5.74) is -0.125. The number of nitrogens with one attached hydrogen (secondary N) is 1. The highest BCUT2D eigenvalue weighted by atomic mass is 32.2. The zero-order valence-corrected chi connectivity index (χ0v) is 13.6. The number of nitro groups is 1. The van der Waals surface area contributed by atoms with Gasteiger partial charge in [0.2, 0.25) is 0 Å². The van der Waals surface area contributed by atoms with E-state index in [1.807, 2.05) is 6.92 Å². The van der Waals surface area contributed by atoms with Crippen LogP contribution in [0.1, 0.15) is 33.6 Å². The van der Waals surface area contributed by atoms with E-state index in [9.17, 15) is 18.5 Å². The molecular weight excluding hydrogens is 292 g/mol. The van der Waals surface area contributed by atoms with E-state index in [1.165, 1.54) is 12.1 Å². The smallest absolute Gasteiger partial charge is 0.310 e. The molecule has 0 aliphatic carbocycles. The highest BCUT2D eigenvalue weighted by molar-refractivity contribution is 7.90. The lowest BCUT2D eigenvalue weighted by Gasteiger charge is -2.23. The Hall–Kier alpha value is -1.63. The molecule has 0 aliphatic rings. The average Bonchev–Trinajstić information content (AvgIpc) is 2.38. The molecule has 0 radical (unpaired) electrons. The third-order valence-electron chi connectivity index (χ3n) is 3.72. The van der Waals surface area contributed by atoms with Crippen LogP contribution in [-0.4, -0.2) is 25.6 Å². The van der Waals surface area contributed by atoms with Crippen LogP contribution < -0.4 is 5.32 Å². The Balaban J connectivity index is 3.28. The Morgan fingerprint density at radius 2 is 1.86 bits per heavy atom. The number of anilines is 1. The van der Waals surface area contributed by atoms with Crippen LogP contribution in [0.3, 0.4) is 0 Å². The Kier molecular flexibility index (Phi) is 5.71. The number of nitro benzene ring substituents is 1. The van der Waals surface area contributed by atoms with Crippen LogP contribution in [0.5, 0.6) is 0 Å². The second-order valence-electron chi connectivity index (χ2n) is 5.19. The van der Waals surface area contributed by atoms with Crippen molar-refractivity contribution in [3.05, 3.63) is 28.3 Å². The van der Waals surface area contributed by atoms with E-state index in [-0.39, 0.29) is 22.3 Å². The molecule has 118 valence electrons. The van der Waals surface area contributed by atoms with Gasteiger partial charge >= 0.3 is 5.69 Å². The summed E-state index contributed by atoms with van der Waals surface area (Å²) in [7, 11) is -3.65. The molecular formula is C14H22N2O4S. The van der Waals surface area contributed by atoms with Gasteiger partial charge in [-0.2, -0.15) is 0 Å². The maximum atomic E-state index is 11.7. The summed E-state index contributed by atoms with van der Waals surface area (Å²) in [6.45, 7) is 6.08. The van der Waals surface area contributed by atoms with Crippen molar-refractivity contribution in [1.82, 2.24) is 0 Å². The predicted octanol–water partition coefficient (Wildman–Crippen LogP) is 3.23. The predicted molar refractivity (Wildman–Crippen MR) is 83.4 cm³/mol. The highest BCUT2D eigenvalue weighted by Crippen LogP contribution is 2.33. The Bertz CT molecular complexity index is 609. The molecule has 1 aromatic carbocycles. The first-order valence-electron chi connectivity index (χ1n) is 6.96. The fourth-order valence-corrected chi connectivity index (χ4v) is 3.35. The van der Waals surface area contributed by atoms with E-state index in [1.54, 1.807) is 6.07 Å². The van der Waals surface area contributed by atoms with Gasteiger partial charge in [-0.05, 0) is 25.0 Å². The second-order valence-corrected chi connectivity index (χ2v) is 7.18. The monoisotopic (exact) mass is 314 g/mol. The van der Waals surface area contributed by atoms with Gasteiger partial charge in [0.05, 0.1) is 4.92 Å². The molecule has 0 heterocycles. The van der Waals surface area contributed by atoms with Crippen molar-refractivity contribution >= 4 is 21.2 Å². The number of hydrogen-bond donors (Lipinski definition) is 1. The van der Waals surface area contributed by atoms with Crippen LogP contribution in [0.2, 0.25) is 0 Å². The van der Waals surface area contributed by atoms with E-state index in [0.29, 0.717) is 5.92 Å². The molecule has 1 aromatic rings. The minimum atomic E-state index is -3.65. The molecule has 1 atom stereocenters. The first kappa shape index (κ1) is 17.4. The highest BCUT2D eigenvalue weighted by Gasteiger charge is 2.27. The summed E-state index contributed by atoms with van der Waals surface area (Å²) < 4.78 is 23.4. The lowest BCUT2D eigenvalue weighted by Crippen LogP contribution is -2.25. The van der Waals surface area contributed by atoms with Gasteiger partial charge in [0.1, 0.15) is 10.6 Å². The normalized spacial score (nSPS) is 13.2. The Morgan fingerprint density at radius 1 is 1.29 bits per heavy atom. The van der Waals surface area contributed by atoms with Gasteiger partial charge in [0.25, 0.3) is 0 Å². The minimum absolute atomic E-state index is 0.0218. The molecule has 0 saturated heterocycles. The van der Waals surface area contributed by atoms with Gasteiger partial charge in [-0.25, -0.2) is 8.42 Å². The molecule has 1 N–H and O–H groups in total. The molecule has 0 aromatic heterocycles. The molecule has 1 unspecified atom stereocenters. The number of rotatable bonds is 7. The number of sulfone groups is 1. The average molecular weight is 314 g/mol. The molecule has 0 aliphatic heterocycles. The van der Waals surface area contributed by atoms with Crippen molar-refractivity contribution < 1.29 is 13.3 Å². The van der Waals surface area contributed by atoms with Crippen LogP contribution in [0, 0.1) is 16.0 Å². The zero-order valence-electron chi connectivity index (χ0n) is 12.8. The molecule has 0 saturated carbocycles. The number of nitrogens with zero attached hydrogens (tertiary/aromatic N) is 1. The maximum Gasteiger partial charge on any atom is 0.310 e. The van der Waals surface area contributed by atoms with Crippen LogP contribution in [0.15, 0.2) is 23.1 Å². The lowest BCUT2D eigenvalue weighted by molar-refractivity contribution is -0.386. The zero-order chi connectivity index (χ0) is 16.2. The van der Waals surface area contributed by atoms with Crippen molar-refractivity contribution in [2.24, 2.45) is 5.92 Å². The van der Waals surface area contributed by atoms with E-state index in [4.69, 9.17) is 0 Å². The number of para-hydroxylation sites is 1. The molecule has 1 rings (SSSR count). The maximum absolute atomic E-state index is 11.7. The van der Waals surface area contributed by atoms with Crippen molar-refractivity contribution in [3.8, 4) is 0 Å². The molecule has 6 nitrogen and oxygen atoms in total. The van der Waals surface area contributed by atoms with Gasteiger partial charge in [-0.1, -0.05) is 32.8 Å². The second kappa shape index (κ2) is 6.89. The van der Waals surface area contributed by atoms with Gasteiger partial charge in [-0.3, -0.25) is 10.1 Å². The summed E-state index contributed by atoms with van der Waals surface area (Å²) in [6.07, 6.45) is 2.87. The van der Waals surface area contributed by atoms with E-state index in [2.05, 4.69) is 19.2 Å². The fraction of sp³-hybridized carbons (Fsp3) is 0.571. The van der Waals surface area contributed by atoms with Gasteiger partial charge in [0, 0.05) is 12.3 Å². The summed E-state index contributed by atoms with van der Waals surface area (Å²) >= 11 is 0. The van der Waals surface area contributed by atoms with Crippen LogP contribution >= 0.6 is 0 Å². The van der Waals surface area contributed by atoms with Crippen LogP contribution in [0.25, 0.3) is 0 Å². The van der Waals surface area contributed by atoms with E-state index >= 15 is 0 Å². The quantitative estimate of drug-likeness (QED) is 0.616. The third-order valence-corrected chi connectivity index (χ3v) is 4.85. The SMILES string of the molecule is CCC(CC)C(C)Nc1cccc(S(C)(=O)=O)c1[N+](=O)[O-]. The Labute approximate surface area is 125 Å². The number of benzene rings is 1. The lowest BCUT2D eigenvalue weighted by atomic mass is 9.95. The molecule has 0 fully saturated rings. The van der Waals surface area contributed by atoms with Crippen molar-refractivity contribution in [2.75, 3.05) is 11.6 Å².